The minimum Gasteiger partial charge on any atom is -0.458 e. The molecule has 0 bridgehead atoms. The third-order valence-electron chi connectivity index (χ3n) is 2.14. The van der Waals surface area contributed by atoms with Crippen LogP contribution in [-0.4, -0.2) is 35.4 Å². The van der Waals surface area contributed by atoms with Crippen molar-refractivity contribution in [1.29, 1.82) is 0 Å². The van der Waals surface area contributed by atoms with Gasteiger partial charge in [-0.1, -0.05) is 11.4 Å². The predicted octanol–water partition coefficient (Wildman–Crippen LogP) is 1.15. The maximum absolute atomic E-state index is 12.1. The Bertz CT molecular complexity index is 424. The van der Waals surface area contributed by atoms with E-state index < -0.39 is 28.6 Å². The van der Waals surface area contributed by atoms with Crippen LogP contribution in [0.4, 0.5) is 0 Å². The lowest BCUT2D eigenvalue weighted by Gasteiger charge is -2.28. The number of rotatable bonds is 3. The van der Waals surface area contributed by atoms with E-state index in [1.807, 2.05) is 0 Å². The van der Waals surface area contributed by atoms with E-state index in [1.54, 1.807) is 20.8 Å². The standard InChI is InChI=1S/C10H19N2O4PS2/c1-9(2,3)16-8(14)10(4,11)7(13)12-17(18)15-5-6-19-17/h5-6,11H2,1-4H3,(H,12,13,18)/t10-,17?/m0/s1. The molecule has 1 fully saturated rings. The molecule has 0 radical (unpaired) electrons. The van der Waals surface area contributed by atoms with Crippen LogP contribution in [0, 0.1) is 0 Å². The summed E-state index contributed by atoms with van der Waals surface area (Å²) in [5, 5.41) is 2.56. The van der Waals surface area contributed by atoms with Gasteiger partial charge in [0.1, 0.15) is 5.60 Å². The number of carbonyl (C=O) groups excluding carboxylic acids is 2. The highest BCUT2D eigenvalue weighted by Gasteiger charge is 2.43. The molecule has 2 atom stereocenters. The minimum atomic E-state index is -2.45. The van der Waals surface area contributed by atoms with Gasteiger partial charge in [0, 0.05) is 5.75 Å². The van der Waals surface area contributed by atoms with Gasteiger partial charge in [-0.3, -0.25) is 9.88 Å². The van der Waals surface area contributed by atoms with Gasteiger partial charge in [0.05, 0.1) is 6.61 Å². The molecule has 1 aliphatic rings. The summed E-state index contributed by atoms with van der Waals surface area (Å²) >= 11 is 6.60. The van der Waals surface area contributed by atoms with E-state index in [9.17, 15) is 9.59 Å². The number of hydrogen-bond acceptors (Lipinski definition) is 7. The van der Waals surface area contributed by atoms with Crippen molar-refractivity contribution in [1.82, 2.24) is 5.09 Å². The Hall–Kier alpha value is -0.140. The van der Waals surface area contributed by atoms with Crippen LogP contribution in [0.5, 0.6) is 0 Å². The lowest BCUT2D eigenvalue weighted by molar-refractivity contribution is -0.163. The van der Waals surface area contributed by atoms with Crippen LogP contribution < -0.4 is 10.8 Å². The average molecular weight is 326 g/mol. The van der Waals surface area contributed by atoms with E-state index in [1.165, 1.54) is 18.3 Å². The fraction of sp³-hybridized carbons (Fsp3) is 0.800. The summed E-state index contributed by atoms with van der Waals surface area (Å²) < 4.78 is 10.5. The molecule has 1 amide bonds. The van der Waals surface area contributed by atoms with Gasteiger partial charge in [0.25, 0.3) is 5.91 Å². The second-order valence-corrected chi connectivity index (χ2v) is 12.0. The molecule has 0 aromatic rings. The zero-order valence-corrected chi connectivity index (χ0v) is 13.9. The Morgan fingerprint density at radius 2 is 2.00 bits per heavy atom. The SMILES string of the molecule is CC(C)(C)OC(=O)[C@@](C)(N)C(=O)NP1(=S)OCCS1. The molecule has 9 heteroatoms. The zero-order chi connectivity index (χ0) is 14.9. The van der Waals surface area contributed by atoms with Crippen molar-refractivity contribution >= 4 is 40.7 Å². The molecule has 3 N–H and O–H groups in total. The molecule has 1 heterocycles. The Labute approximate surface area is 122 Å². The summed E-state index contributed by atoms with van der Waals surface area (Å²) in [5.41, 5.74) is 0.820. The Morgan fingerprint density at radius 1 is 1.42 bits per heavy atom. The molecule has 1 unspecified atom stereocenters. The van der Waals surface area contributed by atoms with Crippen LogP contribution in [0.2, 0.25) is 0 Å². The second kappa shape index (κ2) is 5.69. The maximum atomic E-state index is 12.1. The summed E-state index contributed by atoms with van der Waals surface area (Å²) in [4.78, 5) is 24.0. The van der Waals surface area contributed by atoms with Gasteiger partial charge in [0.15, 0.2) is 5.54 Å². The molecule has 0 aromatic heterocycles. The van der Waals surface area contributed by atoms with Crippen molar-refractivity contribution in [2.24, 2.45) is 5.73 Å². The second-order valence-electron chi connectivity index (χ2n) is 5.31. The van der Waals surface area contributed by atoms with Crippen LogP contribution in [0.1, 0.15) is 27.7 Å². The van der Waals surface area contributed by atoms with Crippen molar-refractivity contribution in [2.75, 3.05) is 12.4 Å². The van der Waals surface area contributed by atoms with Crippen LogP contribution in [0.15, 0.2) is 0 Å². The molecule has 110 valence electrons. The first-order valence-electron chi connectivity index (χ1n) is 5.70. The van der Waals surface area contributed by atoms with Crippen LogP contribution in [0.25, 0.3) is 0 Å². The quantitative estimate of drug-likeness (QED) is 0.457. The minimum absolute atomic E-state index is 0.496. The summed E-state index contributed by atoms with van der Waals surface area (Å²) in [6, 6.07) is 0. The number of hydrogen-bond donors (Lipinski definition) is 2. The molecular formula is C10H19N2O4PS2. The lowest BCUT2D eigenvalue weighted by atomic mass is 10.0. The summed E-state index contributed by atoms with van der Waals surface area (Å²) in [6.07, 6.45) is 0. The van der Waals surface area contributed by atoms with Crippen molar-refractivity contribution in [3.63, 3.8) is 0 Å². The van der Waals surface area contributed by atoms with E-state index >= 15 is 0 Å². The van der Waals surface area contributed by atoms with Gasteiger partial charge >= 0.3 is 5.97 Å². The molecule has 1 saturated heterocycles. The number of esters is 1. The first kappa shape index (κ1) is 16.9. The van der Waals surface area contributed by atoms with E-state index in [4.69, 9.17) is 26.8 Å². The molecular weight excluding hydrogens is 307 g/mol. The third-order valence-corrected chi connectivity index (χ3v) is 7.52. The molecule has 0 aliphatic carbocycles. The van der Waals surface area contributed by atoms with Gasteiger partial charge in [-0.05, 0) is 39.5 Å². The van der Waals surface area contributed by atoms with Crippen LogP contribution >= 0.6 is 17.0 Å². The highest BCUT2D eigenvalue weighted by Crippen LogP contribution is 2.60. The van der Waals surface area contributed by atoms with E-state index in [0.717, 1.165) is 5.75 Å². The van der Waals surface area contributed by atoms with E-state index in [-0.39, 0.29) is 0 Å². The van der Waals surface area contributed by atoms with Crippen LogP contribution in [-0.2, 0) is 30.7 Å². The third kappa shape index (κ3) is 4.72. The Kier molecular flexibility index (Phi) is 5.07. The normalized spacial score (nSPS) is 26.6. The van der Waals surface area contributed by atoms with Gasteiger partial charge in [-0.15, -0.1) is 0 Å². The molecule has 1 aliphatic heterocycles. The fourth-order valence-electron chi connectivity index (χ4n) is 1.13. The monoisotopic (exact) mass is 326 g/mol. The smallest absolute Gasteiger partial charge is 0.336 e. The number of nitrogens with two attached hydrogens (primary N) is 1. The topological polar surface area (TPSA) is 90.7 Å². The Morgan fingerprint density at radius 3 is 2.42 bits per heavy atom. The van der Waals surface area contributed by atoms with Crippen molar-refractivity contribution in [3.05, 3.63) is 0 Å². The molecule has 1 rings (SSSR count). The van der Waals surface area contributed by atoms with Gasteiger partial charge in [-0.25, -0.2) is 4.79 Å². The number of ether oxygens (including phenoxy) is 1. The first-order valence-corrected chi connectivity index (χ1v) is 10.0. The fourth-order valence-corrected chi connectivity index (χ4v) is 5.65. The van der Waals surface area contributed by atoms with Crippen molar-refractivity contribution in [3.8, 4) is 0 Å². The predicted molar refractivity (Wildman–Crippen MR) is 79.3 cm³/mol. The number of carbonyl (C=O) groups is 2. The highest BCUT2D eigenvalue weighted by molar-refractivity contribution is 8.69. The van der Waals surface area contributed by atoms with Gasteiger partial charge in [0.2, 0.25) is 5.62 Å². The van der Waals surface area contributed by atoms with Gasteiger partial charge < -0.3 is 15.0 Å². The average Bonchev–Trinajstić information content (AvgIpc) is 2.62. The molecule has 19 heavy (non-hydrogen) atoms. The summed E-state index contributed by atoms with van der Waals surface area (Å²) in [7, 11) is 0. The molecule has 6 nitrogen and oxygen atoms in total. The van der Waals surface area contributed by atoms with Crippen LogP contribution in [0.3, 0.4) is 0 Å². The largest absolute Gasteiger partial charge is 0.458 e. The molecule has 0 spiro atoms. The lowest BCUT2D eigenvalue weighted by Crippen LogP contribution is -2.58. The van der Waals surface area contributed by atoms with Crippen molar-refractivity contribution in [2.45, 2.75) is 38.8 Å². The molecule has 0 saturated carbocycles. The summed E-state index contributed by atoms with van der Waals surface area (Å²) in [5.74, 6) is -0.728. The van der Waals surface area contributed by atoms with E-state index in [2.05, 4.69) is 5.09 Å². The molecule has 0 aromatic carbocycles. The Balaban J connectivity index is 2.73. The highest BCUT2D eigenvalue weighted by atomic mass is 32.9. The van der Waals surface area contributed by atoms with Crippen molar-refractivity contribution < 1.29 is 18.8 Å². The van der Waals surface area contributed by atoms with E-state index in [0.29, 0.717) is 6.61 Å². The first-order chi connectivity index (χ1) is 8.46. The van der Waals surface area contributed by atoms with Gasteiger partial charge in [-0.2, -0.15) is 0 Å². The summed E-state index contributed by atoms with van der Waals surface area (Å²) in [6.45, 7) is 6.91. The zero-order valence-electron chi connectivity index (χ0n) is 11.4. The maximum Gasteiger partial charge on any atom is 0.336 e. The number of amides is 1. The number of nitrogens with one attached hydrogen (secondary N) is 1.